The van der Waals surface area contributed by atoms with Crippen LogP contribution in [0.25, 0.3) is 10.8 Å². The summed E-state index contributed by atoms with van der Waals surface area (Å²) in [4.78, 5) is 27.5. The number of amides is 1. The van der Waals surface area contributed by atoms with Gasteiger partial charge in [0.15, 0.2) is 0 Å². The molecule has 0 bridgehead atoms. The molecule has 0 saturated carbocycles. The molecule has 1 atom stereocenters. The molecule has 0 radical (unpaired) electrons. The smallest absolute Gasteiger partial charge is 0.326 e. The van der Waals surface area contributed by atoms with Crippen LogP contribution < -0.4 is 5.32 Å². The normalized spacial score (nSPS) is 12.4. The van der Waals surface area contributed by atoms with Crippen molar-refractivity contribution in [2.24, 2.45) is 5.92 Å². The summed E-state index contributed by atoms with van der Waals surface area (Å²) < 4.78 is 0. The average molecular weight is 307 g/mol. The summed E-state index contributed by atoms with van der Waals surface area (Å²) in [6.45, 7) is 3.47. The summed E-state index contributed by atoms with van der Waals surface area (Å²) in [6, 6.07) is 6.15. The van der Waals surface area contributed by atoms with Crippen molar-refractivity contribution in [1.29, 1.82) is 0 Å². The van der Waals surface area contributed by atoms with Gasteiger partial charge in [-0.2, -0.15) is 0 Å². The zero-order valence-electron chi connectivity index (χ0n) is 11.6. The minimum absolute atomic E-state index is 0.224. The largest absolute Gasteiger partial charge is 0.480 e. The molecule has 0 spiro atoms. The van der Waals surface area contributed by atoms with Crippen LogP contribution >= 0.6 is 11.6 Å². The summed E-state index contributed by atoms with van der Waals surface area (Å²) in [5.41, 5.74) is 0.307. The lowest BCUT2D eigenvalue weighted by atomic mass is 10.0. The number of aliphatic carboxylic acids is 1. The summed E-state index contributed by atoms with van der Waals surface area (Å²) in [6.07, 6.45) is 1.36. The van der Waals surface area contributed by atoms with Gasteiger partial charge in [0.25, 0.3) is 5.91 Å². The first-order valence-corrected chi connectivity index (χ1v) is 6.86. The first kappa shape index (κ1) is 15.3. The molecule has 0 saturated heterocycles. The Labute approximate surface area is 126 Å². The number of fused-ring (bicyclic) bond motifs is 1. The molecule has 0 aliphatic carbocycles. The predicted molar refractivity (Wildman–Crippen MR) is 80.5 cm³/mol. The molecule has 2 N–H and O–H groups in total. The van der Waals surface area contributed by atoms with Gasteiger partial charge < -0.3 is 10.4 Å². The number of nitrogens with one attached hydrogen (secondary N) is 1. The molecular formula is C15H15ClN2O3. The second-order valence-corrected chi connectivity index (χ2v) is 5.40. The van der Waals surface area contributed by atoms with E-state index in [0.29, 0.717) is 21.5 Å². The van der Waals surface area contributed by atoms with Gasteiger partial charge in [-0.25, -0.2) is 9.78 Å². The van der Waals surface area contributed by atoms with E-state index in [-0.39, 0.29) is 5.92 Å². The van der Waals surface area contributed by atoms with Crippen LogP contribution in [0.1, 0.15) is 24.2 Å². The summed E-state index contributed by atoms with van der Waals surface area (Å²) in [7, 11) is 0. The van der Waals surface area contributed by atoms with Crippen molar-refractivity contribution in [3.8, 4) is 0 Å². The second kappa shape index (κ2) is 6.10. The maximum atomic E-state index is 12.3. The summed E-state index contributed by atoms with van der Waals surface area (Å²) in [5.74, 6) is -1.76. The lowest BCUT2D eigenvalue weighted by molar-refractivity contribution is -0.140. The van der Waals surface area contributed by atoms with E-state index in [1.807, 2.05) is 0 Å². The van der Waals surface area contributed by atoms with E-state index in [1.54, 1.807) is 38.1 Å². The average Bonchev–Trinajstić information content (AvgIpc) is 2.44. The van der Waals surface area contributed by atoms with Gasteiger partial charge in [-0.1, -0.05) is 49.7 Å². The molecule has 1 heterocycles. The molecule has 5 nitrogen and oxygen atoms in total. The van der Waals surface area contributed by atoms with Gasteiger partial charge in [-0.3, -0.25) is 4.79 Å². The van der Waals surface area contributed by atoms with Crippen LogP contribution in [0.4, 0.5) is 0 Å². The molecule has 0 fully saturated rings. The number of nitrogens with zero attached hydrogens (tertiary/aromatic N) is 1. The number of carbonyl (C=O) groups is 2. The van der Waals surface area contributed by atoms with Gasteiger partial charge in [0.05, 0.1) is 5.56 Å². The van der Waals surface area contributed by atoms with Crippen LogP contribution in [0.15, 0.2) is 30.5 Å². The number of aromatic nitrogens is 1. The molecule has 0 aliphatic rings. The van der Waals surface area contributed by atoms with Gasteiger partial charge in [0, 0.05) is 11.6 Å². The summed E-state index contributed by atoms with van der Waals surface area (Å²) in [5, 5.41) is 13.3. The van der Waals surface area contributed by atoms with Crippen molar-refractivity contribution in [3.63, 3.8) is 0 Å². The van der Waals surface area contributed by atoms with Crippen LogP contribution in [-0.4, -0.2) is 28.0 Å². The molecule has 1 aromatic carbocycles. The number of hydrogen-bond donors (Lipinski definition) is 2. The molecule has 2 rings (SSSR count). The van der Waals surface area contributed by atoms with E-state index in [1.165, 1.54) is 6.20 Å². The molecule has 21 heavy (non-hydrogen) atoms. The van der Waals surface area contributed by atoms with Crippen molar-refractivity contribution in [1.82, 2.24) is 10.3 Å². The Kier molecular flexibility index (Phi) is 4.43. The Morgan fingerprint density at radius 3 is 2.43 bits per heavy atom. The number of rotatable bonds is 4. The molecule has 0 aliphatic heterocycles. The van der Waals surface area contributed by atoms with Crippen LogP contribution in [0.5, 0.6) is 0 Å². The number of hydrogen-bond acceptors (Lipinski definition) is 3. The molecule has 2 aromatic rings. The highest BCUT2D eigenvalue weighted by Crippen LogP contribution is 2.24. The zero-order valence-corrected chi connectivity index (χ0v) is 12.4. The second-order valence-electron chi connectivity index (χ2n) is 5.04. The van der Waals surface area contributed by atoms with Gasteiger partial charge in [0.1, 0.15) is 11.2 Å². The van der Waals surface area contributed by atoms with Gasteiger partial charge in [-0.05, 0) is 11.3 Å². The summed E-state index contributed by atoms with van der Waals surface area (Å²) >= 11 is 6.00. The Hall–Kier alpha value is -2.14. The molecule has 1 aromatic heterocycles. The Morgan fingerprint density at radius 2 is 1.86 bits per heavy atom. The maximum absolute atomic E-state index is 12.3. The van der Waals surface area contributed by atoms with Crippen LogP contribution in [0.2, 0.25) is 5.15 Å². The first-order chi connectivity index (χ1) is 9.91. The maximum Gasteiger partial charge on any atom is 0.326 e. The lowest BCUT2D eigenvalue weighted by Crippen LogP contribution is -2.44. The van der Waals surface area contributed by atoms with Crippen molar-refractivity contribution < 1.29 is 14.7 Å². The predicted octanol–water partition coefficient (Wildman–Crippen LogP) is 2.73. The van der Waals surface area contributed by atoms with E-state index in [0.717, 1.165) is 0 Å². The first-order valence-electron chi connectivity index (χ1n) is 6.48. The Morgan fingerprint density at radius 1 is 1.24 bits per heavy atom. The number of carboxylic acids is 1. The minimum Gasteiger partial charge on any atom is -0.480 e. The monoisotopic (exact) mass is 306 g/mol. The number of halogens is 1. The highest BCUT2D eigenvalue weighted by Gasteiger charge is 2.25. The molecule has 110 valence electrons. The van der Waals surface area contributed by atoms with Crippen molar-refractivity contribution in [2.75, 3.05) is 0 Å². The zero-order chi connectivity index (χ0) is 15.6. The van der Waals surface area contributed by atoms with Gasteiger partial charge >= 0.3 is 5.97 Å². The highest BCUT2D eigenvalue weighted by molar-refractivity contribution is 6.34. The third-order valence-electron chi connectivity index (χ3n) is 3.21. The van der Waals surface area contributed by atoms with Crippen molar-refractivity contribution in [3.05, 3.63) is 41.2 Å². The van der Waals surface area contributed by atoms with Crippen LogP contribution in [0.3, 0.4) is 0 Å². The lowest BCUT2D eigenvalue weighted by Gasteiger charge is -2.18. The van der Waals surface area contributed by atoms with E-state index < -0.39 is 17.9 Å². The van der Waals surface area contributed by atoms with E-state index in [2.05, 4.69) is 10.3 Å². The Bertz CT molecular complexity index is 700. The van der Waals surface area contributed by atoms with Gasteiger partial charge in [-0.15, -0.1) is 0 Å². The van der Waals surface area contributed by atoms with Crippen molar-refractivity contribution >= 4 is 34.2 Å². The quantitative estimate of drug-likeness (QED) is 0.851. The number of carbonyl (C=O) groups excluding carboxylic acids is 1. The van der Waals surface area contributed by atoms with E-state index >= 15 is 0 Å². The van der Waals surface area contributed by atoms with Crippen LogP contribution in [0, 0.1) is 5.92 Å². The molecular weight excluding hydrogens is 292 g/mol. The molecule has 1 amide bonds. The fourth-order valence-electron chi connectivity index (χ4n) is 2.07. The highest BCUT2D eigenvalue weighted by atomic mass is 35.5. The third kappa shape index (κ3) is 3.13. The number of pyridine rings is 1. The Balaban J connectivity index is 2.40. The topological polar surface area (TPSA) is 79.3 Å². The van der Waals surface area contributed by atoms with E-state index in [9.17, 15) is 9.59 Å². The fourth-order valence-corrected chi connectivity index (χ4v) is 2.29. The van der Waals surface area contributed by atoms with Crippen molar-refractivity contribution in [2.45, 2.75) is 19.9 Å². The minimum atomic E-state index is -1.07. The molecule has 0 unspecified atom stereocenters. The van der Waals surface area contributed by atoms with Gasteiger partial charge in [0.2, 0.25) is 0 Å². The SMILES string of the molecule is CC(C)[C@@H](NC(=O)c1cnc(Cl)c2ccccc12)C(=O)O. The van der Waals surface area contributed by atoms with E-state index in [4.69, 9.17) is 16.7 Å². The fraction of sp³-hybridized carbons (Fsp3) is 0.267. The standard InChI is InChI=1S/C15H15ClN2O3/c1-8(2)12(15(20)21)18-14(19)11-7-17-13(16)10-6-4-3-5-9(10)11/h3-8,12H,1-2H3,(H,18,19)(H,20,21)/t12-/m1/s1. The molecule has 6 heteroatoms. The third-order valence-corrected chi connectivity index (χ3v) is 3.51. The number of carboxylic acid groups (broad SMARTS) is 1. The number of benzene rings is 1. The van der Waals surface area contributed by atoms with Crippen LogP contribution in [-0.2, 0) is 4.79 Å².